The summed E-state index contributed by atoms with van der Waals surface area (Å²) in [6, 6.07) is 0. The summed E-state index contributed by atoms with van der Waals surface area (Å²) in [5.74, 6) is 1.40. The largest absolute Gasteiger partial charge is 0.320 e. The molecule has 3 atom stereocenters. The summed E-state index contributed by atoms with van der Waals surface area (Å²) in [5, 5.41) is 5.05. The second-order valence-corrected chi connectivity index (χ2v) is 5.80. The second kappa shape index (κ2) is 3.45. The standard InChI is InChI=1S/C12H15N2OS/c1-2-4-10-8(3-1)9-7-13-12-14(5-6-15-12)11(9)16-10/h1-2,4,8-9,12-13H,3,5-7H2/q+1. The van der Waals surface area contributed by atoms with E-state index < -0.39 is 0 Å². The third-order valence-electron chi connectivity index (χ3n) is 3.86. The lowest BCUT2D eigenvalue weighted by Crippen LogP contribution is -2.49. The van der Waals surface area contributed by atoms with Gasteiger partial charge in [0.1, 0.15) is 6.61 Å². The molecule has 3 heterocycles. The Bertz CT molecular complexity index is 427. The number of nitrogens with zero attached hydrogens (tertiary/aromatic N) is 1. The zero-order chi connectivity index (χ0) is 10.5. The minimum absolute atomic E-state index is 0.146. The molecule has 4 heteroatoms. The van der Waals surface area contributed by atoms with Gasteiger partial charge < -0.3 is 4.74 Å². The summed E-state index contributed by atoms with van der Waals surface area (Å²) in [4.78, 5) is 1.55. The van der Waals surface area contributed by atoms with Gasteiger partial charge in [0, 0.05) is 12.5 Å². The number of rotatable bonds is 0. The monoisotopic (exact) mass is 235 g/mol. The van der Waals surface area contributed by atoms with Crippen LogP contribution in [0.3, 0.4) is 0 Å². The predicted molar refractivity (Wildman–Crippen MR) is 64.3 cm³/mol. The molecule has 4 rings (SSSR count). The van der Waals surface area contributed by atoms with Gasteiger partial charge in [-0.25, -0.2) is 5.32 Å². The lowest BCUT2D eigenvalue weighted by atomic mass is 9.87. The molecule has 0 saturated carbocycles. The summed E-state index contributed by atoms with van der Waals surface area (Å²) in [6.07, 6.45) is 8.13. The smallest absolute Gasteiger partial charge is 0.301 e. The van der Waals surface area contributed by atoms with E-state index in [-0.39, 0.29) is 6.35 Å². The van der Waals surface area contributed by atoms with Crippen LogP contribution < -0.4 is 5.32 Å². The van der Waals surface area contributed by atoms with Crippen molar-refractivity contribution in [2.24, 2.45) is 11.8 Å². The zero-order valence-corrected chi connectivity index (χ0v) is 9.87. The van der Waals surface area contributed by atoms with Gasteiger partial charge in [0.2, 0.25) is 5.04 Å². The second-order valence-electron chi connectivity index (χ2n) is 4.71. The van der Waals surface area contributed by atoms with Crippen LogP contribution in [0, 0.1) is 11.8 Å². The highest BCUT2D eigenvalue weighted by Crippen LogP contribution is 2.47. The molecule has 2 fully saturated rings. The van der Waals surface area contributed by atoms with E-state index in [0.717, 1.165) is 25.6 Å². The van der Waals surface area contributed by atoms with Crippen molar-refractivity contribution < 1.29 is 9.31 Å². The van der Waals surface area contributed by atoms with Gasteiger partial charge in [0.05, 0.1) is 5.92 Å². The number of ether oxygens (including phenoxy) is 1. The Morgan fingerprint density at radius 2 is 2.44 bits per heavy atom. The number of thioether (sulfide) groups is 1. The molecule has 16 heavy (non-hydrogen) atoms. The van der Waals surface area contributed by atoms with Gasteiger partial charge in [-0.3, -0.25) is 0 Å². The fourth-order valence-electron chi connectivity index (χ4n) is 3.06. The first-order valence-electron chi connectivity index (χ1n) is 5.96. The lowest BCUT2D eigenvalue weighted by Gasteiger charge is -2.24. The number of hydrogen-bond donors (Lipinski definition) is 1. The fourth-order valence-corrected chi connectivity index (χ4v) is 4.57. The molecule has 84 valence electrons. The molecule has 0 bridgehead atoms. The van der Waals surface area contributed by atoms with Crippen molar-refractivity contribution in [2.45, 2.75) is 12.8 Å². The average Bonchev–Trinajstić information content (AvgIpc) is 2.92. The predicted octanol–water partition coefficient (Wildman–Crippen LogP) is 1.14. The van der Waals surface area contributed by atoms with Crippen molar-refractivity contribution in [3.63, 3.8) is 0 Å². The summed E-state index contributed by atoms with van der Waals surface area (Å²) >= 11 is 1.99. The topological polar surface area (TPSA) is 24.3 Å². The summed E-state index contributed by atoms with van der Waals surface area (Å²) < 4.78 is 8.08. The molecule has 2 saturated heterocycles. The molecule has 0 aromatic rings. The first-order valence-corrected chi connectivity index (χ1v) is 6.78. The van der Waals surface area contributed by atoms with E-state index in [2.05, 4.69) is 28.1 Å². The molecule has 4 aliphatic rings. The third-order valence-corrected chi connectivity index (χ3v) is 5.28. The number of fused-ring (bicyclic) bond motifs is 4. The fraction of sp³-hybridized carbons (Fsp3) is 0.583. The highest BCUT2D eigenvalue weighted by Gasteiger charge is 2.49. The first-order chi connectivity index (χ1) is 7.93. The van der Waals surface area contributed by atoms with E-state index in [4.69, 9.17) is 4.74 Å². The van der Waals surface area contributed by atoms with Crippen LogP contribution in [-0.4, -0.2) is 35.7 Å². The van der Waals surface area contributed by atoms with Crippen LogP contribution in [0.25, 0.3) is 0 Å². The van der Waals surface area contributed by atoms with Gasteiger partial charge in [-0.1, -0.05) is 18.2 Å². The SMILES string of the molecule is C1=CCC2C(=C1)SC1=[N+]3CCOC3NCC12. The number of nitrogens with one attached hydrogen (secondary N) is 1. The van der Waals surface area contributed by atoms with Gasteiger partial charge in [-0.2, -0.15) is 4.58 Å². The van der Waals surface area contributed by atoms with Crippen LogP contribution in [-0.2, 0) is 4.74 Å². The quantitative estimate of drug-likeness (QED) is 0.637. The first kappa shape index (κ1) is 9.45. The van der Waals surface area contributed by atoms with Crippen molar-refractivity contribution in [3.8, 4) is 0 Å². The maximum absolute atomic E-state index is 5.66. The molecule has 0 radical (unpaired) electrons. The Balaban J connectivity index is 1.77. The molecule has 3 aliphatic heterocycles. The van der Waals surface area contributed by atoms with Gasteiger partial charge in [-0.05, 0) is 23.1 Å². The van der Waals surface area contributed by atoms with E-state index in [1.165, 1.54) is 6.42 Å². The average molecular weight is 235 g/mol. The van der Waals surface area contributed by atoms with Crippen molar-refractivity contribution in [1.82, 2.24) is 5.32 Å². The van der Waals surface area contributed by atoms with Gasteiger partial charge in [-0.15, -0.1) is 0 Å². The van der Waals surface area contributed by atoms with Crippen LogP contribution in [0.4, 0.5) is 0 Å². The maximum Gasteiger partial charge on any atom is 0.320 e. The van der Waals surface area contributed by atoms with E-state index in [1.807, 2.05) is 11.8 Å². The van der Waals surface area contributed by atoms with Gasteiger partial charge in [0.25, 0.3) is 0 Å². The van der Waals surface area contributed by atoms with E-state index in [1.54, 1.807) is 9.95 Å². The van der Waals surface area contributed by atoms with Crippen LogP contribution in [0.1, 0.15) is 6.42 Å². The minimum Gasteiger partial charge on any atom is -0.301 e. The highest BCUT2D eigenvalue weighted by atomic mass is 32.2. The van der Waals surface area contributed by atoms with Crippen molar-refractivity contribution in [1.29, 1.82) is 0 Å². The highest BCUT2D eigenvalue weighted by molar-refractivity contribution is 8.17. The Labute approximate surface area is 99.2 Å². The normalized spacial score (nSPS) is 40.5. The summed E-state index contributed by atoms with van der Waals surface area (Å²) in [5.41, 5.74) is 0. The molecule has 1 N–H and O–H groups in total. The Morgan fingerprint density at radius 3 is 3.44 bits per heavy atom. The lowest BCUT2D eigenvalue weighted by molar-refractivity contribution is -0.580. The number of allylic oxidation sites excluding steroid dienone is 4. The Morgan fingerprint density at radius 1 is 1.44 bits per heavy atom. The molecule has 0 aromatic carbocycles. The van der Waals surface area contributed by atoms with Crippen molar-refractivity contribution >= 4 is 16.8 Å². The molecule has 0 aromatic heterocycles. The van der Waals surface area contributed by atoms with Crippen molar-refractivity contribution in [3.05, 3.63) is 23.1 Å². The molecule has 0 spiro atoms. The molecular formula is C12H15N2OS+. The summed E-state index contributed by atoms with van der Waals surface area (Å²) in [6.45, 7) is 2.97. The Hall–Kier alpha value is -0.580. The third kappa shape index (κ3) is 1.21. The summed E-state index contributed by atoms with van der Waals surface area (Å²) in [7, 11) is 0. The molecule has 1 aliphatic carbocycles. The van der Waals surface area contributed by atoms with Gasteiger partial charge in [0.15, 0.2) is 6.54 Å². The van der Waals surface area contributed by atoms with Crippen LogP contribution in [0.15, 0.2) is 23.1 Å². The molecule has 0 amide bonds. The van der Waals surface area contributed by atoms with Crippen LogP contribution >= 0.6 is 11.8 Å². The zero-order valence-electron chi connectivity index (χ0n) is 9.06. The van der Waals surface area contributed by atoms with Crippen LogP contribution in [0.2, 0.25) is 0 Å². The van der Waals surface area contributed by atoms with E-state index in [9.17, 15) is 0 Å². The molecular weight excluding hydrogens is 220 g/mol. The van der Waals surface area contributed by atoms with Gasteiger partial charge >= 0.3 is 6.35 Å². The van der Waals surface area contributed by atoms with Crippen LogP contribution in [0.5, 0.6) is 0 Å². The molecule has 3 nitrogen and oxygen atoms in total. The Kier molecular flexibility index (Phi) is 2.04. The van der Waals surface area contributed by atoms with E-state index in [0.29, 0.717) is 5.92 Å². The van der Waals surface area contributed by atoms with E-state index >= 15 is 0 Å². The molecule has 3 unspecified atom stereocenters. The minimum atomic E-state index is 0.146. The van der Waals surface area contributed by atoms with Crippen molar-refractivity contribution in [2.75, 3.05) is 19.7 Å². The number of hydrogen-bond acceptors (Lipinski definition) is 3. The maximum atomic E-state index is 5.66.